The summed E-state index contributed by atoms with van der Waals surface area (Å²) in [5, 5.41) is 4.54. The molecule has 1 amide bonds. The Hall–Kier alpha value is -1.65. The lowest BCUT2D eigenvalue weighted by Gasteiger charge is -2.02. The van der Waals surface area contributed by atoms with Gasteiger partial charge in [-0.1, -0.05) is 45.7 Å². The van der Waals surface area contributed by atoms with Gasteiger partial charge in [0.15, 0.2) is 0 Å². The first-order chi connectivity index (χ1) is 9.56. The quantitative estimate of drug-likeness (QED) is 0.654. The Kier molecular flexibility index (Phi) is 4.93. The summed E-state index contributed by atoms with van der Waals surface area (Å²) in [7, 11) is 0. The van der Waals surface area contributed by atoms with Crippen molar-refractivity contribution in [3.63, 3.8) is 0 Å². The van der Waals surface area contributed by atoms with Gasteiger partial charge in [-0.05, 0) is 42.3 Å². The molecule has 20 heavy (non-hydrogen) atoms. The van der Waals surface area contributed by atoms with E-state index in [-0.39, 0.29) is 5.91 Å². The molecule has 2 aromatic rings. The summed E-state index contributed by atoms with van der Waals surface area (Å²) in [5.41, 5.74) is 4.92. The second-order valence-corrected chi connectivity index (χ2v) is 5.51. The second kappa shape index (κ2) is 6.68. The third-order valence-corrected chi connectivity index (χ3v) is 3.75. The van der Waals surface area contributed by atoms with Crippen molar-refractivity contribution in [3.8, 4) is 0 Å². The van der Waals surface area contributed by atoms with Gasteiger partial charge in [0.2, 0.25) is 0 Å². The number of hydrazone groups is 1. The van der Waals surface area contributed by atoms with Crippen molar-refractivity contribution in [3.05, 3.63) is 68.7 Å². The normalized spacial score (nSPS) is 10.8. The minimum atomic E-state index is -0.260. The Bertz CT molecular complexity index is 671. The van der Waals surface area contributed by atoms with Crippen LogP contribution in [-0.4, -0.2) is 12.1 Å². The van der Waals surface area contributed by atoms with Gasteiger partial charge in [-0.15, -0.1) is 0 Å². The Morgan fingerprint density at radius 3 is 2.80 bits per heavy atom. The maximum Gasteiger partial charge on any atom is 0.271 e. The number of nitrogens with zero attached hydrogens (tertiary/aromatic N) is 1. The van der Waals surface area contributed by atoms with E-state index in [0.717, 1.165) is 15.6 Å². The molecule has 2 aromatic carbocycles. The van der Waals surface area contributed by atoms with Crippen molar-refractivity contribution in [1.29, 1.82) is 0 Å². The molecule has 0 aliphatic rings. The first kappa shape index (κ1) is 14.8. The maximum absolute atomic E-state index is 11.9. The number of rotatable bonds is 3. The molecule has 0 spiro atoms. The van der Waals surface area contributed by atoms with Gasteiger partial charge in [0.1, 0.15) is 0 Å². The van der Waals surface area contributed by atoms with E-state index in [4.69, 9.17) is 11.6 Å². The van der Waals surface area contributed by atoms with Crippen LogP contribution in [0.1, 0.15) is 21.5 Å². The Morgan fingerprint density at radius 1 is 1.30 bits per heavy atom. The number of aryl methyl sites for hydroxylation is 1. The smallest absolute Gasteiger partial charge is 0.267 e. The second-order valence-electron chi connectivity index (χ2n) is 4.22. The topological polar surface area (TPSA) is 41.5 Å². The van der Waals surface area contributed by atoms with Crippen LogP contribution in [0.15, 0.2) is 52.0 Å². The lowest BCUT2D eigenvalue weighted by molar-refractivity contribution is 0.0955. The number of amides is 1. The first-order valence-corrected chi connectivity index (χ1v) is 7.08. The molecule has 0 bridgehead atoms. The number of benzene rings is 2. The molecule has 102 valence electrons. The van der Waals surface area contributed by atoms with Gasteiger partial charge in [-0.2, -0.15) is 5.10 Å². The molecular weight excluding hydrogens is 340 g/mol. The van der Waals surface area contributed by atoms with E-state index >= 15 is 0 Å². The van der Waals surface area contributed by atoms with Gasteiger partial charge in [0, 0.05) is 15.1 Å². The lowest BCUT2D eigenvalue weighted by atomic mass is 10.1. The average molecular weight is 352 g/mol. The van der Waals surface area contributed by atoms with Crippen LogP contribution in [-0.2, 0) is 0 Å². The number of hydrogen-bond donors (Lipinski definition) is 1. The van der Waals surface area contributed by atoms with E-state index in [9.17, 15) is 4.79 Å². The van der Waals surface area contributed by atoms with Crippen molar-refractivity contribution in [2.75, 3.05) is 0 Å². The van der Waals surface area contributed by atoms with E-state index in [1.165, 1.54) is 0 Å². The third kappa shape index (κ3) is 3.92. The maximum atomic E-state index is 11.9. The first-order valence-electron chi connectivity index (χ1n) is 5.91. The zero-order valence-electron chi connectivity index (χ0n) is 10.7. The van der Waals surface area contributed by atoms with Gasteiger partial charge >= 0.3 is 0 Å². The largest absolute Gasteiger partial charge is 0.271 e. The van der Waals surface area contributed by atoms with Crippen LogP contribution in [0.3, 0.4) is 0 Å². The van der Waals surface area contributed by atoms with E-state index in [1.54, 1.807) is 30.5 Å². The highest BCUT2D eigenvalue weighted by Gasteiger charge is 2.05. The van der Waals surface area contributed by atoms with Crippen LogP contribution >= 0.6 is 27.5 Å². The summed E-state index contributed by atoms with van der Waals surface area (Å²) in [6, 6.07) is 12.6. The molecule has 0 fully saturated rings. The molecule has 0 heterocycles. The van der Waals surface area contributed by atoms with Crippen molar-refractivity contribution in [2.24, 2.45) is 5.10 Å². The van der Waals surface area contributed by atoms with Gasteiger partial charge in [-0.25, -0.2) is 5.43 Å². The third-order valence-electron chi connectivity index (χ3n) is 2.66. The molecular formula is C15H12BrClN2O. The standard InChI is InChI=1S/C15H12BrClN2O/c1-10-5-6-12(8-14(10)16)15(20)19-18-9-11-3-2-4-13(17)7-11/h2-9H,1H3,(H,19,20)/b18-9+. The molecule has 0 unspecified atom stereocenters. The van der Waals surface area contributed by atoms with Crippen LogP contribution < -0.4 is 5.43 Å². The molecule has 5 heteroatoms. The molecule has 0 aliphatic heterocycles. The highest BCUT2D eigenvalue weighted by molar-refractivity contribution is 9.10. The highest BCUT2D eigenvalue weighted by atomic mass is 79.9. The molecule has 3 nitrogen and oxygen atoms in total. The van der Waals surface area contributed by atoms with Crippen molar-refractivity contribution in [1.82, 2.24) is 5.43 Å². The van der Waals surface area contributed by atoms with Crippen molar-refractivity contribution in [2.45, 2.75) is 6.92 Å². The molecule has 0 aromatic heterocycles. The highest BCUT2D eigenvalue weighted by Crippen LogP contribution is 2.17. The fraction of sp³-hybridized carbons (Fsp3) is 0.0667. The molecule has 1 N–H and O–H groups in total. The summed E-state index contributed by atoms with van der Waals surface area (Å²) < 4.78 is 0.893. The number of carbonyl (C=O) groups is 1. The summed E-state index contributed by atoms with van der Waals surface area (Å²) in [4.78, 5) is 11.9. The Balaban J connectivity index is 2.03. The van der Waals surface area contributed by atoms with Crippen LogP contribution in [0, 0.1) is 6.92 Å². The summed E-state index contributed by atoms with van der Waals surface area (Å²) in [6.45, 7) is 1.96. The van der Waals surface area contributed by atoms with E-state index in [1.807, 2.05) is 25.1 Å². The van der Waals surface area contributed by atoms with Crippen molar-refractivity contribution >= 4 is 39.7 Å². The monoisotopic (exact) mass is 350 g/mol. The number of nitrogens with one attached hydrogen (secondary N) is 1. The zero-order chi connectivity index (χ0) is 14.5. The number of carbonyl (C=O) groups excluding carboxylic acids is 1. The Morgan fingerprint density at radius 2 is 2.10 bits per heavy atom. The van der Waals surface area contributed by atoms with Gasteiger partial charge < -0.3 is 0 Å². The van der Waals surface area contributed by atoms with Gasteiger partial charge in [0.25, 0.3) is 5.91 Å². The molecule has 0 saturated heterocycles. The van der Waals surface area contributed by atoms with Gasteiger partial charge in [0.05, 0.1) is 6.21 Å². The van der Waals surface area contributed by atoms with Crippen molar-refractivity contribution < 1.29 is 4.79 Å². The predicted octanol–water partition coefficient (Wildman–Crippen LogP) is 4.17. The van der Waals surface area contributed by atoms with Crippen LogP contribution in [0.5, 0.6) is 0 Å². The van der Waals surface area contributed by atoms with Crippen LogP contribution in [0.4, 0.5) is 0 Å². The molecule has 0 aliphatic carbocycles. The van der Waals surface area contributed by atoms with Crippen LogP contribution in [0.25, 0.3) is 0 Å². The zero-order valence-corrected chi connectivity index (χ0v) is 13.1. The van der Waals surface area contributed by atoms with E-state index in [0.29, 0.717) is 10.6 Å². The predicted molar refractivity (Wildman–Crippen MR) is 85.4 cm³/mol. The lowest BCUT2D eigenvalue weighted by Crippen LogP contribution is -2.17. The molecule has 0 radical (unpaired) electrons. The number of halogens is 2. The summed E-state index contributed by atoms with van der Waals surface area (Å²) in [6.07, 6.45) is 1.55. The summed E-state index contributed by atoms with van der Waals surface area (Å²) in [5.74, 6) is -0.260. The van der Waals surface area contributed by atoms with E-state index < -0.39 is 0 Å². The molecule has 0 atom stereocenters. The fourth-order valence-electron chi connectivity index (χ4n) is 1.55. The summed E-state index contributed by atoms with van der Waals surface area (Å²) >= 11 is 9.25. The Labute approximate surface area is 130 Å². The molecule has 0 saturated carbocycles. The molecule has 2 rings (SSSR count). The van der Waals surface area contributed by atoms with Crippen LogP contribution in [0.2, 0.25) is 5.02 Å². The van der Waals surface area contributed by atoms with Gasteiger partial charge in [-0.3, -0.25) is 4.79 Å². The minimum absolute atomic E-state index is 0.260. The fourth-order valence-corrected chi connectivity index (χ4v) is 2.13. The SMILES string of the molecule is Cc1ccc(C(=O)N/N=C/c2cccc(Cl)c2)cc1Br. The number of hydrogen-bond acceptors (Lipinski definition) is 2. The minimum Gasteiger partial charge on any atom is -0.267 e. The van der Waals surface area contributed by atoms with E-state index in [2.05, 4.69) is 26.5 Å². The average Bonchev–Trinajstić information content (AvgIpc) is 2.42.